The zero-order valence-corrected chi connectivity index (χ0v) is 59.5. The average Bonchev–Trinajstić information content (AvgIpc) is 3.27. The quantitative estimate of drug-likeness (QED) is 0.0463. The maximum Gasteiger partial charge on any atom is 0.192 e. The van der Waals surface area contributed by atoms with Crippen molar-refractivity contribution in [2.75, 3.05) is 12.9 Å². The van der Waals surface area contributed by atoms with Crippen LogP contribution in [-0.2, 0) is 38.6 Å². The number of methoxy groups -OCH3 is 1. The van der Waals surface area contributed by atoms with Crippen LogP contribution in [0.15, 0.2) is 48.1 Å². The lowest BCUT2D eigenvalue weighted by atomic mass is 9.81. The summed E-state index contributed by atoms with van der Waals surface area (Å²) in [5.74, 6) is 2.30. The van der Waals surface area contributed by atoms with Gasteiger partial charge >= 0.3 is 0 Å². The Bertz CT molecular complexity index is 1960. The van der Waals surface area contributed by atoms with Crippen LogP contribution in [-0.4, -0.2) is 94.5 Å². The molecule has 13 heteroatoms. The first-order valence-electron chi connectivity index (χ1n) is 29.4. The van der Waals surface area contributed by atoms with Gasteiger partial charge in [-0.15, -0.1) is 11.8 Å². The van der Waals surface area contributed by atoms with Gasteiger partial charge in [0.2, 0.25) is 0 Å². The normalized spacial score (nSPS) is 23.9. The van der Waals surface area contributed by atoms with E-state index < -0.39 is 33.3 Å². The van der Waals surface area contributed by atoms with Crippen LogP contribution < -0.4 is 4.74 Å². The number of aldehydes is 1. The highest BCUT2D eigenvalue weighted by Gasteiger charge is 2.50. The molecule has 1 saturated heterocycles. The molecule has 1 aromatic rings. The lowest BCUT2D eigenvalue weighted by Crippen LogP contribution is -2.55. The Morgan fingerprint density at radius 3 is 1.61 bits per heavy atom. The van der Waals surface area contributed by atoms with Gasteiger partial charge in [-0.05, 0) is 127 Å². The number of carbonyl (C=O) groups excluding carboxylic acids is 1. The molecule has 14 atom stereocenters. The molecule has 0 saturated carbocycles. The fourth-order valence-electron chi connectivity index (χ4n) is 9.65. The van der Waals surface area contributed by atoms with E-state index in [4.69, 9.17) is 31.9 Å². The fraction of sp³-hybridized carbons (Fsp3) is 0.825. The summed E-state index contributed by atoms with van der Waals surface area (Å²) in [7, 11) is -7.09. The van der Waals surface area contributed by atoms with E-state index in [-0.39, 0.29) is 104 Å². The second kappa shape index (κ2) is 28.4. The Morgan fingerprint density at radius 2 is 1.14 bits per heavy atom. The number of carbonyl (C=O) groups is 1. The molecule has 2 rings (SSSR count). The Morgan fingerprint density at radius 1 is 0.658 bits per heavy atom. The van der Waals surface area contributed by atoms with Gasteiger partial charge in [-0.2, -0.15) is 0 Å². The van der Waals surface area contributed by atoms with Gasteiger partial charge < -0.3 is 36.7 Å². The zero-order valence-electron chi connectivity index (χ0n) is 54.7. The fourth-order valence-corrected chi connectivity index (χ4v) is 16.3. The van der Waals surface area contributed by atoms with E-state index in [0.717, 1.165) is 36.2 Å². The largest absolute Gasteiger partial charge is 0.497 e. The molecule has 8 nitrogen and oxygen atoms in total. The van der Waals surface area contributed by atoms with Crippen LogP contribution in [0.5, 0.6) is 5.75 Å². The molecule has 1 aliphatic heterocycles. The van der Waals surface area contributed by atoms with Crippen LogP contribution >= 0.6 is 11.8 Å². The van der Waals surface area contributed by atoms with Gasteiger partial charge in [0.15, 0.2) is 33.3 Å². The van der Waals surface area contributed by atoms with Crippen LogP contribution in [0, 0.1) is 41.4 Å². The summed E-state index contributed by atoms with van der Waals surface area (Å²) in [4.78, 5) is 12.6. The van der Waals surface area contributed by atoms with E-state index in [2.05, 4.69) is 209 Å². The molecule has 0 spiro atoms. The highest BCUT2D eigenvalue weighted by molar-refractivity contribution is 7.99. The number of benzene rings is 1. The number of allylic oxidation sites excluding steroid dienone is 1. The summed E-state index contributed by atoms with van der Waals surface area (Å²) in [5, 5.41) is 0.192. The van der Waals surface area contributed by atoms with E-state index in [1.165, 1.54) is 5.57 Å². The molecule has 1 heterocycles. The Kier molecular flexibility index (Phi) is 26.6. The van der Waals surface area contributed by atoms with Gasteiger partial charge in [0.25, 0.3) is 0 Å². The lowest BCUT2D eigenvalue weighted by Gasteiger charge is -2.50. The van der Waals surface area contributed by atoms with Gasteiger partial charge in [0.05, 0.1) is 50.3 Å². The van der Waals surface area contributed by atoms with Crippen LogP contribution in [0.4, 0.5) is 0 Å². The molecule has 442 valence electrons. The van der Waals surface area contributed by atoms with Crippen molar-refractivity contribution in [2.45, 2.75) is 279 Å². The summed E-state index contributed by atoms with van der Waals surface area (Å²) >= 11 is 1.92. The third-order valence-corrected chi connectivity index (χ3v) is 38.0. The first kappa shape index (κ1) is 71.3. The molecule has 1 aromatic carbocycles. The van der Waals surface area contributed by atoms with E-state index in [0.29, 0.717) is 6.61 Å². The predicted octanol–water partition coefficient (Wildman–Crippen LogP) is 18.6. The molecule has 0 aromatic heterocycles. The number of ether oxygens (including phenoxy) is 3. The second-order valence-electron chi connectivity index (χ2n) is 29.7. The minimum absolute atomic E-state index is 0.00479. The summed E-state index contributed by atoms with van der Waals surface area (Å²) < 4.78 is 49.1. The Labute approximate surface area is 478 Å². The van der Waals surface area contributed by atoms with Crippen LogP contribution in [0.3, 0.4) is 0 Å². The van der Waals surface area contributed by atoms with Crippen molar-refractivity contribution in [2.24, 2.45) is 41.4 Å². The van der Waals surface area contributed by atoms with Crippen molar-refractivity contribution < 1.29 is 36.7 Å². The average molecular weight is 1150 g/mol. The summed E-state index contributed by atoms with van der Waals surface area (Å²) in [6.45, 7) is 67.9. The molecule has 76 heavy (non-hydrogen) atoms. The molecule has 0 bridgehead atoms. The van der Waals surface area contributed by atoms with Crippen LogP contribution in [0.25, 0.3) is 0 Å². The topological polar surface area (TPSA) is 81.7 Å². The molecule has 0 amide bonds. The number of hydrogen-bond donors (Lipinski definition) is 0. The minimum Gasteiger partial charge on any atom is -0.497 e. The highest BCUT2D eigenvalue weighted by atomic mass is 32.2. The smallest absolute Gasteiger partial charge is 0.192 e. The number of rotatable bonds is 28. The molecule has 0 radical (unpaired) electrons. The van der Waals surface area contributed by atoms with Crippen molar-refractivity contribution in [3.05, 3.63) is 53.6 Å². The van der Waals surface area contributed by atoms with Gasteiger partial charge in [-0.1, -0.05) is 174 Å². The van der Waals surface area contributed by atoms with Gasteiger partial charge in [0.1, 0.15) is 17.5 Å². The predicted molar refractivity (Wildman–Crippen MR) is 339 cm³/mol. The monoisotopic (exact) mass is 1150 g/mol. The van der Waals surface area contributed by atoms with E-state index in [9.17, 15) is 4.79 Å². The standard InChI is InChI=1S/C63H120O8SSi4/c1-31-72-59-50(9)58(71-76(29,30)63(19,20)21)48(7)54(67-59)40-53(68-73(23,24)60(10,11)12)35-32-44(3)55(69-74(25,26)61(13,14)15)45(4)38-43(2)39-46(5)57(70-75(27,28)62(16,17)18)49(8)56(47(6)41-64)66-42-51-33-36-52(65-22)37-34-51/h32-38,41,44-50,53-59H,31,39-40,42H2,1-30H3/b35-32-,43-38-/t44-,45-,46-,47-,48-,49+,50+,53+,54-,55-,56-,57+,58-,59+/m0/s1. The van der Waals surface area contributed by atoms with E-state index in [1.807, 2.05) is 43.0 Å². The third kappa shape index (κ3) is 20.0. The zero-order chi connectivity index (χ0) is 59.0. The molecule has 1 fully saturated rings. The Hall–Kier alpha value is -0.852. The first-order chi connectivity index (χ1) is 34.4. The summed E-state index contributed by atoms with van der Waals surface area (Å²) in [6.07, 6.45) is 9.40. The SMILES string of the molecule is CCS[C@H]1O[C@@H](C[C@@H](/C=C\[C@H](C)[C@H](O[Si](C)(C)C(C)(C)C)[C@@H](C)/C=C(/C)C[C@H](C)[C@@H](O[Si](C)(C)C(C)(C)C)[C@H](C)[C@@H](OCc2ccc(OC)cc2)[C@@H](C)C=O)O[Si](C)(C)C(C)(C)C)[C@H](C)[C@H](O[Si](C)(C)C(C)(C)C)[C@H]1C. The van der Waals surface area contributed by atoms with E-state index >= 15 is 0 Å². The van der Waals surface area contributed by atoms with Gasteiger partial charge in [0, 0.05) is 30.1 Å². The van der Waals surface area contributed by atoms with Crippen molar-refractivity contribution in [3.63, 3.8) is 0 Å². The third-order valence-electron chi connectivity index (χ3n) is 18.9. The summed E-state index contributed by atoms with van der Waals surface area (Å²) in [5.41, 5.74) is 2.43. The molecule has 0 unspecified atom stereocenters. The minimum atomic E-state index is -2.26. The van der Waals surface area contributed by atoms with Gasteiger partial charge in [-0.25, -0.2) is 0 Å². The molecular weight excluding hydrogens is 1030 g/mol. The second-order valence-corrected chi connectivity index (χ2v) is 50.1. The first-order valence-corrected chi connectivity index (χ1v) is 42.1. The molecule has 0 N–H and O–H groups in total. The summed E-state index contributed by atoms with van der Waals surface area (Å²) in [6, 6.07) is 7.98. The highest BCUT2D eigenvalue weighted by Crippen LogP contribution is 2.47. The molecular formula is C63H120O8SSi4. The van der Waals surface area contributed by atoms with Crippen molar-refractivity contribution >= 4 is 51.3 Å². The van der Waals surface area contributed by atoms with Crippen molar-refractivity contribution in [1.82, 2.24) is 0 Å². The lowest BCUT2D eigenvalue weighted by molar-refractivity contribution is -0.134. The van der Waals surface area contributed by atoms with Gasteiger partial charge in [-0.3, -0.25) is 0 Å². The molecule has 0 aliphatic carbocycles. The van der Waals surface area contributed by atoms with E-state index in [1.54, 1.807) is 7.11 Å². The maximum absolute atomic E-state index is 12.6. The molecule has 1 aliphatic rings. The number of hydrogen-bond acceptors (Lipinski definition) is 9. The number of thioether (sulfide) groups is 1. The Balaban J connectivity index is 2.69. The van der Waals surface area contributed by atoms with Crippen molar-refractivity contribution in [1.29, 1.82) is 0 Å². The maximum atomic E-state index is 12.6. The van der Waals surface area contributed by atoms with Crippen molar-refractivity contribution in [3.8, 4) is 5.75 Å². The van der Waals surface area contributed by atoms with Crippen LogP contribution in [0.1, 0.15) is 164 Å². The van der Waals surface area contributed by atoms with Crippen LogP contribution in [0.2, 0.25) is 72.5 Å².